The van der Waals surface area contributed by atoms with Gasteiger partial charge in [-0.25, -0.2) is 8.42 Å². The van der Waals surface area contributed by atoms with E-state index >= 15 is 0 Å². The normalized spacial score (nSPS) is 18.3. The van der Waals surface area contributed by atoms with Crippen molar-refractivity contribution >= 4 is 39.0 Å². The molecule has 0 bridgehead atoms. The summed E-state index contributed by atoms with van der Waals surface area (Å²) in [6.07, 6.45) is 1.44. The predicted octanol–water partition coefficient (Wildman–Crippen LogP) is 3.37. The molecule has 1 aromatic carbocycles. The predicted molar refractivity (Wildman–Crippen MR) is 111 cm³/mol. The zero-order valence-electron chi connectivity index (χ0n) is 15.3. The first-order valence-corrected chi connectivity index (χ1v) is 12.2. The Morgan fingerprint density at radius 2 is 2.04 bits per heavy atom. The molecule has 8 heteroatoms. The van der Waals surface area contributed by atoms with Crippen molar-refractivity contribution in [2.24, 2.45) is 5.92 Å². The molecule has 5 nitrogen and oxygen atoms in total. The number of carbonyl (C=O) groups is 1. The number of thiophene rings is 1. The Morgan fingerprint density at radius 1 is 1.26 bits per heavy atom. The van der Waals surface area contributed by atoms with E-state index in [4.69, 9.17) is 0 Å². The summed E-state index contributed by atoms with van der Waals surface area (Å²) < 4.78 is 27.4. The van der Waals surface area contributed by atoms with Crippen LogP contribution in [0.4, 0.5) is 0 Å². The zero-order chi connectivity index (χ0) is 19.3. The van der Waals surface area contributed by atoms with Gasteiger partial charge >= 0.3 is 0 Å². The average Bonchev–Trinajstić information content (AvgIpc) is 3.13. The molecule has 0 saturated carbocycles. The number of hydrogen-bond acceptors (Lipinski definition) is 5. The second-order valence-corrected chi connectivity index (χ2v) is 11.1. The van der Waals surface area contributed by atoms with E-state index in [-0.39, 0.29) is 18.4 Å². The highest BCUT2D eigenvalue weighted by Crippen LogP contribution is 2.28. The Labute approximate surface area is 169 Å². The molecule has 0 aliphatic carbocycles. The lowest BCUT2D eigenvalue weighted by atomic mass is 9.99. The molecule has 0 radical (unpaired) electrons. The number of aryl methyl sites for hydroxylation is 1. The molecule has 0 unspecified atom stereocenters. The fourth-order valence-electron chi connectivity index (χ4n) is 3.06. The van der Waals surface area contributed by atoms with Crippen molar-refractivity contribution in [2.45, 2.75) is 28.9 Å². The van der Waals surface area contributed by atoms with E-state index < -0.39 is 10.0 Å². The maximum Gasteiger partial charge on any atom is 0.252 e. The lowest BCUT2D eigenvalue weighted by Gasteiger charge is -2.30. The second kappa shape index (κ2) is 9.23. The lowest BCUT2D eigenvalue weighted by Crippen LogP contribution is -2.45. The molecule has 3 rings (SSSR count). The summed E-state index contributed by atoms with van der Waals surface area (Å²) in [5.41, 5.74) is 0. The van der Waals surface area contributed by atoms with Crippen LogP contribution >= 0.6 is 23.1 Å². The maximum absolute atomic E-state index is 12.8. The van der Waals surface area contributed by atoms with E-state index in [0.29, 0.717) is 23.7 Å². The molecule has 1 aromatic heterocycles. The van der Waals surface area contributed by atoms with Crippen LogP contribution < -0.4 is 5.32 Å². The monoisotopic (exact) mass is 424 g/mol. The van der Waals surface area contributed by atoms with Crippen molar-refractivity contribution in [3.05, 3.63) is 47.3 Å². The van der Waals surface area contributed by atoms with Gasteiger partial charge in [0, 0.05) is 35.2 Å². The van der Waals surface area contributed by atoms with Gasteiger partial charge in [0.05, 0.1) is 5.92 Å². The first kappa shape index (κ1) is 20.4. The van der Waals surface area contributed by atoms with E-state index in [2.05, 4.69) is 5.32 Å². The number of benzene rings is 1. The topological polar surface area (TPSA) is 66.5 Å². The Kier molecular flexibility index (Phi) is 6.97. The summed E-state index contributed by atoms with van der Waals surface area (Å²) >= 11 is 2.97. The third kappa shape index (κ3) is 5.34. The van der Waals surface area contributed by atoms with Crippen LogP contribution in [0.1, 0.15) is 17.7 Å². The lowest BCUT2D eigenvalue weighted by molar-refractivity contribution is -0.125. The highest BCUT2D eigenvalue weighted by atomic mass is 32.2. The van der Waals surface area contributed by atoms with E-state index in [1.165, 1.54) is 20.5 Å². The first-order chi connectivity index (χ1) is 13.0. The molecule has 1 N–H and O–H groups in total. The van der Waals surface area contributed by atoms with Gasteiger partial charge in [0.25, 0.3) is 10.0 Å². The van der Waals surface area contributed by atoms with E-state index in [1.807, 2.05) is 43.3 Å². The Hall–Kier alpha value is -1.35. The fourth-order valence-corrected chi connectivity index (χ4v) is 6.81. The quantitative estimate of drug-likeness (QED) is 0.547. The van der Waals surface area contributed by atoms with Crippen molar-refractivity contribution in [3.8, 4) is 0 Å². The smallest absolute Gasteiger partial charge is 0.252 e. The van der Waals surface area contributed by atoms with Crippen LogP contribution in [0.2, 0.25) is 0 Å². The number of nitrogens with one attached hydrogen (secondary N) is 1. The molecule has 1 saturated heterocycles. The first-order valence-electron chi connectivity index (χ1n) is 8.99. The number of hydrogen-bond donors (Lipinski definition) is 1. The van der Waals surface area contributed by atoms with Crippen molar-refractivity contribution in [1.82, 2.24) is 9.62 Å². The third-order valence-corrected chi connectivity index (χ3v) is 8.82. The Morgan fingerprint density at radius 3 is 2.74 bits per heavy atom. The molecular weight excluding hydrogens is 400 g/mol. The van der Waals surface area contributed by atoms with Gasteiger partial charge in [-0.05, 0) is 44.0 Å². The summed E-state index contributed by atoms with van der Waals surface area (Å²) in [6.45, 7) is 3.21. The number of sulfonamides is 1. The zero-order valence-corrected chi connectivity index (χ0v) is 17.7. The van der Waals surface area contributed by atoms with Gasteiger partial charge in [0.2, 0.25) is 5.91 Å². The highest BCUT2D eigenvalue weighted by molar-refractivity contribution is 7.99. The van der Waals surface area contributed by atoms with Gasteiger partial charge < -0.3 is 5.32 Å². The standard InChI is InChI=1S/C19H24N2O3S3/c1-15-9-10-18(26-15)27(23,24)21-12-5-6-16(14-21)19(22)20-11-13-25-17-7-3-2-4-8-17/h2-4,7-10,16H,5-6,11-14H2,1H3,(H,20,22)/t16-/m0/s1. The minimum Gasteiger partial charge on any atom is -0.355 e. The number of rotatable bonds is 7. The van der Waals surface area contributed by atoms with Crippen LogP contribution in [-0.4, -0.2) is 44.0 Å². The molecule has 1 atom stereocenters. The highest BCUT2D eigenvalue weighted by Gasteiger charge is 2.33. The number of carbonyl (C=O) groups excluding carboxylic acids is 1. The van der Waals surface area contributed by atoms with E-state index in [9.17, 15) is 13.2 Å². The molecule has 2 heterocycles. The van der Waals surface area contributed by atoms with Gasteiger partial charge in [0.15, 0.2) is 0 Å². The van der Waals surface area contributed by atoms with Crippen LogP contribution in [0.3, 0.4) is 0 Å². The molecule has 1 fully saturated rings. The van der Waals surface area contributed by atoms with Gasteiger partial charge in [-0.1, -0.05) is 18.2 Å². The van der Waals surface area contributed by atoms with Crippen LogP contribution in [0.15, 0.2) is 51.6 Å². The van der Waals surface area contributed by atoms with Gasteiger partial charge in [-0.3, -0.25) is 4.79 Å². The van der Waals surface area contributed by atoms with Gasteiger partial charge in [-0.2, -0.15) is 4.31 Å². The summed E-state index contributed by atoms with van der Waals surface area (Å²) in [7, 11) is -3.50. The molecule has 1 aliphatic rings. The van der Waals surface area contributed by atoms with Gasteiger partial charge in [0.1, 0.15) is 4.21 Å². The minimum absolute atomic E-state index is 0.0501. The molecule has 2 aromatic rings. The number of nitrogens with zero attached hydrogens (tertiary/aromatic N) is 1. The summed E-state index contributed by atoms with van der Waals surface area (Å²) in [4.78, 5) is 14.6. The fraction of sp³-hybridized carbons (Fsp3) is 0.421. The summed E-state index contributed by atoms with van der Waals surface area (Å²) in [6, 6.07) is 13.5. The Balaban J connectivity index is 1.50. The largest absolute Gasteiger partial charge is 0.355 e. The number of amides is 1. The molecular formula is C19H24N2O3S3. The van der Waals surface area contributed by atoms with Crippen LogP contribution in [-0.2, 0) is 14.8 Å². The van der Waals surface area contributed by atoms with Gasteiger partial charge in [-0.15, -0.1) is 23.1 Å². The summed E-state index contributed by atoms with van der Waals surface area (Å²) in [5, 5.41) is 2.96. The van der Waals surface area contributed by atoms with Crippen molar-refractivity contribution in [1.29, 1.82) is 0 Å². The third-order valence-electron chi connectivity index (χ3n) is 4.48. The average molecular weight is 425 g/mol. The summed E-state index contributed by atoms with van der Waals surface area (Å²) in [5.74, 6) is 0.459. The SMILES string of the molecule is Cc1ccc(S(=O)(=O)N2CCC[C@H](C(=O)NCCSc3ccccc3)C2)s1. The molecule has 0 spiro atoms. The molecule has 1 aliphatic heterocycles. The maximum atomic E-state index is 12.8. The van der Waals surface area contributed by atoms with Crippen molar-refractivity contribution in [3.63, 3.8) is 0 Å². The van der Waals surface area contributed by atoms with Crippen LogP contribution in [0.5, 0.6) is 0 Å². The molecule has 1 amide bonds. The van der Waals surface area contributed by atoms with Crippen molar-refractivity contribution < 1.29 is 13.2 Å². The molecule has 146 valence electrons. The number of thioether (sulfide) groups is 1. The van der Waals surface area contributed by atoms with E-state index in [0.717, 1.165) is 17.1 Å². The number of piperidine rings is 1. The van der Waals surface area contributed by atoms with Crippen LogP contribution in [0, 0.1) is 12.8 Å². The Bertz CT molecular complexity index is 865. The second-order valence-electron chi connectivity index (χ2n) is 6.52. The van der Waals surface area contributed by atoms with Crippen LogP contribution in [0.25, 0.3) is 0 Å². The van der Waals surface area contributed by atoms with E-state index in [1.54, 1.807) is 17.8 Å². The van der Waals surface area contributed by atoms with Crippen molar-refractivity contribution in [2.75, 3.05) is 25.4 Å². The molecule has 27 heavy (non-hydrogen) atoms. The minimum atomic E-state index is -3.50.